The van der Waals surface area contributed by atoms with Gasteiger partial charge in [0.1, 0.15) is 5.82 Å². The molecule has 1 aromatic carbocycles. The Labute approximate surface area is 89.1 Å². The number of rotatable bonds is 2. The predicted molar refractivity (Wildman–Crippen MR) is 58.3 cm³/mol. The number of nitrogens with one attached hydrogen (secondary N) is 1. The van der Waals surface area contributed by atoms with E-state index in [1.54, 1.807) is 18.2 Å². The molecule has 1 fully saturated rings. The van der Waals surface area contributed by atoms with Crippen molar-refractivity contribution in [1.29, 1.82) is 0 Å². The molecule has 1 aliphatic rings. The van der Waals surface area contributed by atoms with Crippen molar-refractivity contribution in [2.45, 2.75) is 37.8 Å². The minimum atomic E-state index is -0.349. The third-order valence-corrected chi connectivity index (χ3v) is 2.94. The first kappa shape index (κ1) is 10.4. The molecule has 0 heterocycles. The largest absolute Gasteiger partial charge is 0.391 e. The summed E-state index contributed by atoms with van der Waals surface area (Å²) in [5, 5.41) is 12.8. The van der Waals surface area contributed by atoms with E-state index >= 15 is 0 Å². The fourth-order valence-electron chi connectivity index (χ4n) is 2.06. The van der Waals surface area contributed by atoms with Crippen molar-refractivity contribution in [3.8, 4) is 0 Å². The van der Waals surface area contributed by atoms with E-state index in [0.717, 1.165) is 25.7 Å². The molecule has 0 bridgehead atoms. The molecule has 1 aliphatic carbocycles. The summed E-state index contributed by atoms with van der Waals surface area (Å²) in [4.78, 5) is 0. The van der Waals surface area contributed by atoms with Gasteiger partial charge in [-0.3, -0.25) is 0 Å². The van der Waals surface area contributed by atoms with E-state index in [0.29, 0.717) is 5.69 Å². The monoisotopic (exact) mass is 209 g/mol. The van der Waals surface area contributed by atoms with Crippen LogP contribution in [0.25, 0.3) is 0 Å². The maximum absolute atomic E-state index is 13.3. The van der Waals surface area contributed by atoms with Gasteiger partial charge in [0.25, 0.3) is 0 Å². The lowest BCUT2D eigenvalue weighted by Crippen LogP contribution is -2.36. The molecule has 0 saturated heterocycles. The number of para-hydroxylation sites is 1. The fraction of sp³-hybridized carbons (Fsp3) is 0.500. The van der Waals surface area contributed by atoms with Gasteiger partial charge in [0.2, 0.25) is 0 Å². The van der Waals surface area contributed by atoms with Crippen molar-refractivity contribution in [2.75, 3.05) is 5.32 Å². The van der Waals surface area contributed by atoms with E-state index in [2.05, 4.69) is 5.32 Å². The van der Waals surface area contributed by atoms with E-state index in [9.17, 15) is 9.50 Å². The van der Waals surface area contributed by atoms with Crippen LogP contribution in [-0.2, 0) is 0 Å². The highest BCUT2D eigenvalue weighted by Crippen LogP contribution is 2.23. The van der Waals surface area contributed by atoms with Gasteiger partial charge in [0.05, 0.1) is 17.8 Å². The van der Waals surface area contributed by atoms with Crippen LogP contribution in [0.5, 0.6) is 0 Å². The average Bonchev–Trinajstić information content (AvgIpc) is 2.24. The van der Waals surface area contributed by atoms with E-state index in [1.807, 2.05) is 0 Å². The first-order valence-corrected chi connectivity index (χ1v) is 5.46. The lowest BCUT2D eigenvalue weighted by atomic mass is 9.92. The molecule has 2 atom stereocenters. The van der Waals surface area contributed by atoms with Crippen LogP contribution in [0.4, 0.5) is 10.1 Å². The zero-order valence-corrected chi connectivity index (χ0v) is 8.62. The van der Waals surface area contributed by atoms with E-state index < -0.39 is 0 Å². The van der Waals surface area contributed by atoms with E-state index in [4.69, 9.17) is 0 Å². The Hall–Kier alpha value is -1.09. The van der Waals surface area contributed by atoms with Gasteiger partial charge >= 0.3 is 0 Å². The second-order valence-corrected chi connectivity index (χ2v) is 4.08. The first-order valence-electron chi connectivity index (χ1n) is 5.46. The van der Waals surface area contributed by atoms with Crippen molar-refractivity contribution in [2.24, 2.45) is 0 Å². The molecule has 2 nitrogen and oxygen atoms in total. The predicted octanol–water partition coefficient (Wildman–Crippen LogP) is 2.54. The number of aliphatic hydroxyl groups excluding tert-OH is 1. The van der Waals surface area contributed by atoms with Gasteiger partial charge in [-0.15, -0.1) is 0 Å². The normalized spacial score (nSPS) is 26.3. The van der Waals surface area contributed by atoms with Crippen molar-refractivity contribution < 1.29 is 9.50 Å². The SMILES string of the molecule is O[C@@H]1CCCC[C@@H]1Nc1ccccc1F. The second-order valence-electron chi connectivity index (χ2n) is 4.08. The summed E-state index contributed by atoms with van der Waals surface area (Å²) in [5.74, 6) is -0.254. The van der Waals surface area contributed by atoms with Crippen LogP contribution in [0.1, 0.15) is 25.7 Å². The Kier molecular flexibility index (Phi) is 3.21. The van der Waals surface area contributed by atoms with Crippen LogP contribution < -0.4 is 5.32 Å². The quantitative estimate of drug-likeness (QED) is 0.784. The number of aliphatic hydroxyl groups is 1. The molecule has 1 saturated carbocycles. The first-order chi connectivity index (χ1) is 7.27. The number of hydrogen-bond acceptors (Lipinski definition) is 2. The van der Waals surface area contributed by atoms with Crippen LogP contribution in [0.2, 0.25) is 0 Å². The standard InChI is InChI=1S/C12H16FNO/c13-9-5-1-2-6-10(9)14-11-7-3-4-8-12(11)15/h1-2,5-6,11-12,14-15H,3-4,7-8H2/t11-,12+/m0/s1. The van der Waals surface area contributed by atoms with Gasteiger partial charge in [-0.25, -0.2) is 4.39 Å². The Balaban J connectivity index is 2.04. The van der Waals surface area contributed by atoms with Gasteiger partial charge in [-0.05, 0) is 25.0 Å². The summed E-state index contributed by atoms with van der Waals surface area (Å²) in [5.41, 5.74) is 0.489. The molecular weight excluding hydrogens is 193 g/mol. The molecule has 2 rings (SSSR count). The van der Waals surface area contributed by atoms with Crippen molar-refractivity contribution in [1.82, 2.24) is 0 Å². The van der Waals surface area contributed by atoms with Crippen LogP contribution in [0.3, 0.4) is 0 Å². The third-order valence-electron chi connectivity index (χ3n) is 2.94. The zero-order chi connectivity index (χ0) is 10.7. The molecule has 0 radical (unpaired) electrons. The summed E-state index contributed by atoms with van der Waals surface area (Å²) < 4.78 is 13.3. The number of benzene rings is 1. The summed E-state index contributed by atoms with van der Waals surface area (Å²) in [6, 6.07) is 6.59. The lowest BCUT2D eigenvalue weighted by Gasteiger charge is -2.29. The number of hydrogen-bond donors (Lipinski definition) is 2. The highest BCUT2D eigenvalue weighted by atomic mass is 19.1. The molecule has 0 unspecified atom stereocenters. The Morgan fingerprint density at radius 2 is 1.93 bits per heavy atom. The highest BCUT2D eigenvalue weighted by molar-refractivity contribution is 5.45. The van der Waals surface area contributed by atoms with Gasteiger partial charge in [0.15, 0.2) is 0 Å². The maximum Gasteiger partial charge on any atom is 0.146 e. The number of anilines is 1. The van der Waals surface area contributed by atoms with Crippen molar-refractivity contribution in [3.63, 3.8) is 0 Å². The van der Waals surface area contributed by atoms with E-state index in [-0.39, 0.29) is 18.0 Å². The molecule has 0 spiro atoms. The van der Waals surface area contributed by atoms with Crippen LogP contribution in [0.15, 0.2) is 24.3 Å². The Morgan fingerprint density at radius 3 is 2.67 bits per heavy atom. The summed E-state index contributed by atoms with van der Waals surface area (Å²) in [7, 11) is 0. The average molecular weight is 209 g/mol. The molecular formula is C12H16FNO. The Morgan fingerprint density at radius 1 is 1.20 bits per heavy atom. The zero-order valence-electron chi connectivity index (χ0n) is 8.62. The minimum absolute atomic E-state index is 0.00403. The molecule has 82 valence electrons. The molecule has 0 aromatic heterocycles. The van der Waals surface area contributed by atoms with Crippen LogP contribution in [-0.4, -0.2) is 17.3 Å². The molecule has 0 aliphatic heterocycles. The molecule has 1 aromatic rings. The second kappa shape index (κ2) is 4.62. The van der Waals surface area contributed by atoms with Gasteiger partial charge in [-0.2, -0.15) is 0 Å². The van der Waals surface area contributed by atoms with E-state index in [1.165, 1.54) is 6.07 Å². The molecule has 2 N–H and O–H groups in total. The van der Waals surface area contributed by atoms with Gasteiger partial charge < -0.3 is 10.4 Å². The third kappa shape index (κ3) is 2.48. The lowest BCUT2D eigenvalue weighted by molar-refractivity contribution is 0.116. The van der Waals surface area contributed by atoms with Crippen molar-refractivity contribution in [3.05, 3.63) is 30.1 Å². The topological polar surface area (TPSA) is 32.3 Å². The fourth-order valence-corrected chi connectivity index (χ4v) is 2.06. The smallest absolute Gasteiger partial charge is 0.146 e. The summed E-state index contributed by atoms with van der Waals surface area (Å²) in [6.07, 6.45) is 3.54. The Bertz CT molecular complexity index is 329. The van der Waals surface area contributed by atoms with Gasteiger partial charge in [-0.1, -0.05) is 25.0 Å². The molecule has 0 amide bonds. The highest BCUT2D eigenvalue weighted by Gasteiger charge is 2.23. The van der Waals surface area contributed by atoms with Crippen LogP contribution in [0, 0.1) is 5.82 Å². The molecule has 3 heteroatoms. The van der Waals surface area contributed by atoms with Gasteiger partial charge in [0, 0.05) is 0 Å². The van der Waals surface area contributed by atoms with Crippen molar-refractivity contribution >= 4 is 5.69 Å². The molecule has 15 heavy (non-hydrogen) atoms. The number of halogens is 1. The van der Waals surface area contributed by atoms with Crippen LogP contribution >= 0.6 is 0 Å². The maximum atomic E-state index is 13.3. The summed E-state index contributed by atoms with van der Waals surface area (Å²) >= 11 is 0. The minimum Gasteiger partial charge on any atom is -0.391 e. The summed E-state index contributed by atoms with van der Waals surface area (Å²) in [6.45, 7) is 0.